The molecule has 2 aromatic rings. The summed E-state index contributed by atoms with van der Waals surface area (Å²) in [4.78, 5) is 6.00. The summed E-state index contributed by atoms with van der Waals surface area (Å²) in [6.45, 7) is 1.19. The molecule has 0 radical (unpaired) electrons. The summed E-state index contributed by atoms with van der Waals surface area (Å²) in [7, 11) is 0. The molecule has 3 heterocycles. The standard InChI is InChI=1S/C13H12BrN3O3/c14-11-4-3-10(19-11)12-16-9(6-15)13(20-12)17-5-1-2-8(18)7-17/h3-4,8,18H,1-2,5,7H2/t8-/m1/s1. The van der Waals surface area contributed by atoms with Crippen LogP contribution in [0.3, 0.4) is 0 Å². The molecule has 0 saturated carbocycles. The van der Waals surface area contributed by atoms with E-state index in [0.29, 0.717) is 22.9 Å². The number of hydrogen-bond donors (Lipinski definition) is 1. The fraction of sp³-hybridized carbons (Fsp3) is 0.385. The predicted molar refractivity (Wildman–Crippen MR) is 74.1 cm³/mol. The number of aliphatic hydroxyl groups excluding tert-OH is 1. The highest BCUT2D eigenvalue weighted by Crippen LogP contribution is 2.31. The lowest BCUT2D eigenvalue weighted by Crippen LogP contribution is -2.38. The maximum atomic E-state index is 9.72. The van der Waals surface area contributed by atoms with Gasteiger partial charge in [-0.25, -0.2) is 0 Å². The van der Waals surface area contributed by atoms with Gasteiger partial charge in [0, 0.05) is 13.1 Å². The van der Waals surface area contributed by atoms with Gasteiger partial charge in [0.25, 0.3) is 5.89 Å². The van der Waals surface area contributed by atoms with Gasteiger partial charge in [-0.05, 0) is 40.9 Å². The Morgan fingerprint density at radius 2 is 2.30 bits per heavy atom. The summed E-state index contributed by atoms with van der Waals surface area (Å²) >= 11 is 3.21. The third-order valence-electron chi connectivity index (χ3n) is 3.18. The lowest BCUT2D eigenvalue weighted by Gasteiger charge is -2.29. The van der Waals surface area contributed by atoms with Crippen LogP contribution in [0.4, 0.5) is 5.88 Å². The minimum atomic E-state index is -0.401. The van der Waals surface area contributed by atoms with Gasteiger partial charge in [-0.15, -0.1) is 0 Å². The Bertz CT molecular complexity index is 658. The summed E-state index contributed by atoms with van der Waals surface area (Å²) in [6.07, 6.45) is 1.22. The van der Waals surface area contributed by atoms with Crippen molar-refractivity contribution in [1.29, 1.82) is 5.26 Å². The minimum Gasteiger partial charge on any atom is -0.444 e. The highest BCUT2D eigenvalue weighted by Gasteiger charge is 2.26. The molecular weight excluding hydrogens is 326 g/mol. The molecule has 0 aromatic carbocycles. The molecule has 6 nitrogen and oxygen atoms in total. The Labute approximate surface area is 123 Å². The van der Waals surface area contributed by atoms with E-state index in [9.17, 15) is 10.4 Å². The van der Waals surface area contributed by atoms with E-state index in [1.807, 2.05) is 11.0 Å². The van der Waals surface area contributed by atoms with Gasteiger partial charge >= 0.3 is 0 Å². The summed E-state index contributed by atoms with van der Waals surface area (Å²) in [5.41, 5.74) is 0.210. The molecule has 3 rings (SSSR count). The van der Waals surface area contributed by atoms with Crippen LogP contribution in [-0.2, 0) is 0 Å². The maximum Gasteiger partial charge on any atom is 0.266 e. The number of anilines is 1. The van der Waals surface area contributed by atoms with E-state index in [1.165, 1.54) is 0 Å². The third-order valence-corrected chi connectivity index (χ3v) is 3.61. The number of nitrogens with zero attached hydrogens (tertiary/aromatic N) is 3. The van der Waals surface area contributed by atoms with Gasteiger partial charge in [-0.3, -0.25) is 0 Å². The van der Waals surface area contributed by atoms with Crippen LogP contribution >= 0.6 is 15.9 Å². The molecule has 1 aliphatic rings. The zero-order chi connectivity index (χ0) is 14.1. The number of oxazole rings is 1. The zero-order valence-corrected chi connectivity index (χ0v) is 12.1. The Hall–Kier alpha value is -1.78. The smallest absolute Gasteiger partial charge is 0.266 e. The van der Waals surface area contributed by atoms with E-state index in [1.54, 1.807) is 12.1 Å². The van der Waals surface area contributed by atoms with Crippen LogP contribution in [0.15, 0.2) is 25.6 Å². The van der Waals surface area contributed by atoms with E-state index in [4.69, 9.17) is 8.83 Å². The fourth-order valence-electron chi connectivity index (χ4n) is 2.27. The predicted octanol–water partition coefficient (Wildman–Crippen LogP) is 2.53. The van der Waals surface area contributed by atoms with Crippen molar-refractivity contribution in [1.82, 2.24) is 4.98 Å². The fourth-order valence-corrected chi connectivity index (χ4v) is 2.58. The first-order chi connectivity index (χ1) is 9.67. The number of piperidine rings is 1. The SMILES string of the molecule is N#Cc1nc(-c2ccc(Br)o2)oc1N1CCC[C@@H](O)C1. The van der Waals surface area contributed by atoms with Gasteiger partial charge in [0.15, 0.2) is 10.4 Å². The van der Waals surface area contributed by atoms with Gasteiger partial charge in [0.2, 0.25) is 11.6 Å². The first-order valence-corrected chi connectivity index (χ1v) is 7.06. The summed E-state index contributed by atoms with van der Waals surface area (Å²) < 4.78 is 11.6. The highest BCUT2D eigenvalue weighted by molar-refractivity contribution is 9.10. The normalized spacial score (nSPS) is 19.1. The van der Waals surface area contributed by atoms with Crippen LogP contribution < -0.4 is 4.90 Å². The van der Waals surface area contributed by atoms with E-state index >= 15 is 0 Å². The monoisotopic (exact) mass is 337 g/mol. The van der Waals surface area contributed by atoms with Crippen LogP contribution in [-0.4, -0.2) is 29.3 Å². The number of rotatable bonds is 2. The second-order valence-corrected chi connectivity index (χ2v) is 5.41. The van der Waals surface area contributed by atoms with Crippen LogP contribution in [0.2, 0.25) is 0 Å². The summed E-state index contributed by atoms with van der Waals surface area (Å²) in [6, 6.07) is 5.47. The van der Waals surface area contributed by atoms with Crippen molar-refractivity contribution in [2.45, 2.75) is 18.9 Å². The molecule has 0 amide bonds. The molecule has 1 fully saturated rings. The van der Waals surface area contributed by atoms with Crippen LogP contribution in [0.5, 0.6) is 0 Å². The van der Waals surface area contributed by atoms with E-state index in [2.05, 4.69) is 20.9 Å². The third kappa shape index (κ3) is 2.44. The van der Waals surface area contributed by atoms with Crippen molar-refractivity contribution in [3.05, 3.63) is 22.5 Å². The number of halogens is 1. The number of β-amino-alcohol motifs (C(OH)–C–C–N with tert-alkyl or cyclic N) is 1. The molecule has 1 N–H and O–H groups in total. The number of aliphatic hydroxyl groups is 1. The summed E-state index contributed by atoms with van der Waals surface area (Å²) in [5.74, 6) is 1.12. The van der Waals surface area contributed by atoms with Gasteiger partial charge in [-0.2, -0.15) is 10.2 Å². The quantitative estimate of drug-likeness (QED) is 0.906. The zero-order valence-electron chi connectivity index (χ0n) is 10.5. The molecule has 0 unspecified atom stereocenters. The van der Waals surface area contributed by atoms with E-state index < -0.39 is 6.10 Å². The molecule has 1 aliphatic heterocycles. The Morgan fingerprint density at radius 1 is 1.45 bits per heavy atom. The van der Waals surface area contributed by atoms with Crippen molar-refractivity contribution in [2.75, 3.05) is 18.0 Å². The molecule has 7 heteroatoms. The number of nitriles is 1. The molecule has 1 saturated heterocycles. The lowest BCUT2D eigenvalue weighted by molar-refractivity contribution is 0.152. The minimum absolute atomic E-state index is 0.210. The molecule has 104 valence electrons. The van der Waals surface area contributed by atoms with Crippen molar-refractivity contribution >= 4 is 21.8 Å². The largest absolute Gasteiger partial charge is 0.444 e. The molecule has 0 aliphatic carbocycles. The maximum absolute atomic E-state index is 9.72. The van der Waals surface area contributed by atoms with Crippen molar-refractivity contribution in [3.8, 4) is 17.7 Å². The molecule has 1 atom stereocenters. The van der Waals surface area contributed by atoms with E-state index in [-0.39, 0.29) is 11.6 Å². The van der Waals surface area contributed by atoms with Crippen molar-refractivity contribution < 1.29 is 13.9 Å². The van der Waals surface area contributed by atoms with Gasteiger partial charge in [0.05, 0.1) is 6.10 Å². The van der Waals surface area contributed by atoms with Gasteiger partial charge < -0.3 is 18.8 Å². The van der Waals surface area contributed by atoms with Crippen molar-refractivity contribution in [3.63, 3.8) is 0 Å². The molecule has 2 aromatic heterocycles. The Kier molecular flexibility index (Phi) is 3.51. The molecular formula is C13H12BrN3O3. The lowest BCUT2D eigenvalue weighted by atomic mass is 10.1. The number of hydrogen-bond acceptors (Lipinski definition) is 6. The first kappa shape index (κ1) is 13.2. The topological polar surface area (TPSA) is 86.4 Å². The van der Waals surface area contributed by atoms with Crippen LogP contribution in [0, 0.1) is 11.3 Å². The van der Waals surface area contributed by atoms with E-state index in [0.717, 1.165) is 19.4 Å². The van der Waals surface area contributed by atoms with Crippen LogP contribution in [0.1, 0.15) is 18.5 Å². The number of aromatic nitrogens is 1. The summed E-state index contributed by atoms with van der Waals surface area (Å²) in [5, 5.41) is 18.9. The number of furan rings is 1. The average Bonchev–Trinajstić information content (AvgIpc) is 3.04. The van der Waals surface area contributed by atoms with Crippen LogP contribution in [0.25, 0.3) is 11.7 Å². The highest BCUT2D eigenvalue weighted by atomic mass is 79.9. The average molecular weight is 338 g/mol. The van der Waals surface area contributed by atoms with Gasteiger partial charge in [-0.1, -0.05) is 0 Å². The second kappa shape index (κ2) is 5.31. The molecule has 0 spiro atoms. The Balaban J connectivity index is 1.95. The second-order valence-electron chi connectivity index (χ2n) is 4.63. The molecule has 0 bridgehead atoms. The van der Waals surface area contributed by atoms with Gasteiger partial charge in [0.1, 0.15) is 6.07 Å². The first-order valence-electron chi connectivity index (χ1n) is 6.27. The molecule has 20 heavy (non-hydrogen) atoms. The Morgan fingerprint density at radius 3 is 2.95 bits per heavy atom. The van der Waals surface area contributed by atoms with Crippen molar-refractivity contribution in [2.24, 2.45) is 0 Å².